The second-order valence-electron chi connectivity index (χ2n) is 5.40. The number of hydrogen-bond donors (Lipinski definition) is 1. The van der Waals surface area contributed by atoms with Gasteiger partial charge in [0.1, 0.15) is 0 Å². The van der Waals surface area contributed by atoms with Gasteiger partial charge in [0.25, 0.3) is 0 Å². The average Bonchev–Trinajstić information content (AvgIpc) is 3.02. The van der Waals surface area contributed by atoms with Crippen LogP contribution in [0, 0.1) is 0 Å². The van der Waals surface area contributed by atoms with Crippen molar-refractivity contribution in [3.63, 3.8) is 0 Å². The monoisotopic (exact) mass is 293 g/mol. The molecule has 0 radical (unpaired) electrons. The Morgan fingerprint density at radius 1 is 1.38 bits per heavy atom. The Balaban J connectivity index is 1.93. The molecule has 1 N–H and O–H groups in total. The van der Waals surface area contributed by atoms with E-state index in [9.17, 15) is 0 Å². The van der Waals surface area contributed by atoms with Crippen molar-refractivity contribution in [2.75, 3.05) is 26.9 Å². The van der Waals surface area contributed by atoms with Crippen LogP contribution >= 0.6 is 0 Å². The molecule has 0 aliphatic carbocycles. The van der Waals surface area contributed by atoms with Crippen molar-refractivity contribution in [3.8, 4) is 11.5 Å². The molecule has 1 unspecified atom stereocenters. The summed E-state index contributed by atoms with van der Waals surface area (Å²) in [6.45, 7) is 5.54. The molecule has 0 aromatic heterocycles. The minimum absolute atomic E-state index is 0.362. The second-order valence-corrected chi connectivity index (χ2v) is 5.40. The second kappa shape index (κ2) is 8.90. The van der Waals surface area contributed by atoms with Crippen molar-refractivity contribution in [2.24, 2.45) is 0 Å². The lowest BCUT2D eigenvalue weighted by atomic mass is 10.1. The lowest BCUT2D eigenvalue weighted by Crippen LogP contribution is -2.16. The van der Waals surface area contributed by atoms with E-state index in [1.807, 2.05) is 12.1 Å². The van der Waals surface area contributed by atoms with Gasteiger partial charge in [-0.1, -0.05) is 19.1 Å². The van der Waals surface area contributed by atoms with E-state index in [1.54, 1.807) is 7.11 Å². The van der Waals surface area contributed by atoms with Crippen LogP contribution in [0.5, 0.6) is 11.5 Å². The predicted octanol–water partition coefficient (Wildman–Crippen LogP) is 3.14. The highest BCUT2D eigenvalue weighted by molar-refractivity contribution is 5.46. The molecule has 0 bridgehead atoms. The Kier molecular flexibility index (Phi) is 6.83. The van der Waals surface area contributed by atoms with Crippen LogP contribution in [0.1, 0.15) is 38.2 Å². The molecule has 1 aliphatic heterocycles. The SMILES string of the molecule is CCCNCc1cccc(OC)c1OCCC1CCCO1. The van der Waals surface area contributed by atoms with Crippen molar-refractivity contribution in [3.05, 3.63) is 23.8 Å². The summed E-state index contributed by atoms with van der Waals surface area (Å²) in [6.07, 6.45) is 4.76. The zero-order valence-electron chi connectivity index (χ0n) is 13.2. The third-order valence-electron chi connectivity index (χ3n) is 3.73. The fourth-order valence-corrected chi connectivity index (χ4v) is 2.59. The molecule has 1 heterocycles. The molecule has 2 rings (SSSR count). The number of hydrogen-bond acceptors (Lipinski definition) is 4. The first-order valence-electron chi connectivity index (χ1n) is 7.96. The molecule has 4 heteroatoms. The number of nitrogens with one attached hydrogen (secondary N) is 1. The van der Waals surface area contributed by atoms with E-state index in [-0.39, 0.29) is 0 Å². The van der Waals surface area contributed by atoms with Gasteiger partial charge in [0.15, 0.2) is 11.5 Å². The molecule has 0 saturated carbocycles. The van der Waals surface area contributed by atoms with Crippen LogP contribution in [0.15, 0.2) is 18.2 Å². The highest BCUT2D eigenvalue weighted by Crippen LogP contribution is 2.31. The predicted molar refractivity (Wildman–Crippen MR) is 84.1 cm³/mol. The number of ether oxygens (including phenoxy) is 3. The number of methoxy groups -OCH3 is 1. The number of rotatable bonds is 9. The first-order chi connectivity index (χ1) is 10.3. The summed E-state index contributed by atoms with van der Waals surface area (Å²) in [5.41, 5.74) is 1.15. The highest BCUT2D eigenvalue weighted by Gasteiger charge is 2.16. The quantitative estimate of drug-likeness (QED) is 0.710. The Hall–Kier alpha value is -1.26. The summed E-state index contributed by atoms with van der Waals surface area (Å²) in [5.74, 6) is 1.67. The molecule has 0 amide bonds. The van der Waals surface area contributed by atoms with Crippen molar-refractivity contribution in [2.45, 2.75) is 45.3 Å². The summed E-state index contributed by atoms with van der Waals surface area (Å²) in [7, 11) is 1.69. The lowest BCUT2D eigenvalue weighted by Gasteiger charge is -2.16. The van der Waals surface area contributed by atoms with Gasteiger partial charge in [-0.25, -0.2) is 0 Å². The summed E-state index contributed by atoms with van der Waals surface area (Å²) < 4.78 is 17.1. The van der Waals surface area contributed by atoms with Gasteiger partial charge < -0.3 is 19.5 Å². The van der Waals surface area contributed by atoms with Gasteiger partial charge in [-0.2, -0.15) is 0 Å². The molecule has 0 spiro atoms. The van der Waals surface area contributed by atoms with Crippen LogP contribution in [0.4, 0.5) is 0 Å². The Morgan fingerprint density at radius 2 is 2.29 bits per heavy atom. The van der Waals surface area contributed by atoms with Gasteiger partial charge in [0, 0.05) is 25.1 Å². The molecule has 1 atom stereocenters. The van der Waals surface area contributed by atoms with Gasteiger partial charge in [0.2, 0.25) is 0 Å². The van der Waals surface area contributed by atoms with E-state index in [0.717, 1.165) is 56.0 Å². The fraction of sp³-hybridized carbons (Fsp3) is 0.647. The Bertz CT molecular complexity index is 416. The molecule has 1 fully saturated rings. The third kappa shape index (κ3) is 4.90. The molecule has 1 saturated heterocycles. The largest absolute Gasteiger partial charge is 0.493 e. The van der Waals surface area contributed by atoms with E-state index in [2.05, 4.69) is 18.3 Å². The fourth-order valence-electron chi connectivity index (χ4n) is 2.59. The molecule has 4 nitrogen and oxygen atoms in total. The zero-order valence-corrected chi connectivity index (χ0v) is 13.2. The molecule has 118 valence electrons. The Morgan fingerprint density at radius 3 is 3.00 bits per heavy atom. The zero-order chi connectivity index (χ0) is 14.9. The van der Waals surface area contributed by atoms with Crippen molar-refractivity contribution in [1.82, 2.24) is 5.32 Å². The molecule has 21 heavy (non-hydrogen) atoms. The van der Waals surface area contributed by atoms with E-state index < -0.39 is 0 Å². The maximum absolute atomic E-state index is 6.01. The van der Waals surface area contributed by atoms with Crippen molar-refractivity contribution < 1.29 is 14.2 Å². The van der Waals surface area contributed by atoms with Crippen LogP contribution in [-0.4, -0.2) is 33.0 Å². The first-order valence-corrected chi connectivity index (χ1v) is 7.96. The maximum atomic E-state index is 6.01. The number of benzene rings is 1. The van der Waals surface area contributed by atoms with Crippen molar-refractivity contribution >= 4 is 0 Å². The van der Waals surface area contributed by atoms with Crippen LogP contribution in [0.2, 0.25) is 0 Å². The van der Waals surface area contributed by atoms with Crippen LogP contribution in [-0.2, 0) is 11.3 Å². The summed E-state index contributed by atoms with van der Waals surface area (Å²) in [6, 6.07) is 6.05. The smallest absolute Gasteiger partial charge is 0.165 e. The van der Waals surface area contributed by atoms with Gasteiger partial charge in [-0.15, -0.1) is 0 Å². The highest BCUT2D eigenvalue weighted by atomic mass is 16.5. The molecular formula is C17H27NO3. The Labute approximate surface area is 127 Å². The van der Waals surface area contributed by atoms with E-state index in [1.165, 1.54) is 6.42 Å². The molecule has 1 aromatic carbocycles. The average molecular weight is 293 g/mol. The number of para-hydroxylation sites is 1. The van der Waals surface area contributed by atoms with Crippen molar-refractivity contribution in [1.29, 1.82) is 0 Å². The van der Waals surface area contributed by atoms with E-state index in [0.29, 0.717) is 12.7 Å². The molecule has 1 aromatic rings. The summed E-state index contributed by atoms with van der Waals surface area (Å²) in [4.78, 5) is 0. The van der Waals surface area contributed by atoms with E-state index in [4.69, 9.17) is 14.2 Å². The molecule has 1 aliphatic rings. The standard InChI is InChI=1S/C17H27NO3/c1-3-10-18-13-14-6-4-8-16(19-2)17(14)21-12-9-15-7-5-11-20-15/h4,6,8,15,18H,3,5,7,9-13H2,1-2H3. The summed E-state index contributed by atoms with van der Waals surface area (Å²) >= 11 is 0. The van der Waals surface area contributed by atoms with Gasteiger partial charge in [0.05, 0.1) is 19.8 Å². The van der Waals surface area contributed by atoms with E-state index >= 15 is 0 Å². The lowest BCUT2D eigenvalue weighted by molar-refractivity contribution is 0.0897. The normalized spacial score (nSPS) is 17.9. The summed E-state index contributed by atoms with van der Waals surface area (Å²) in [5, 5.41) is 3.41. The third-order valence-corrected chi connectivity index (χ3v) is 3.73. The van der Waals surface area contributed by atoms with Crippen LogP contribution in [0.25, 0.3) is 0 Å². The minimum Gasteiger partial charge on any atom is -0.493 e. The van der Waals surface area contributed by atoms with Gasteiger partial charge >= 0.3 is 0 Å². The van der Waals surface area contributed by atoms with Gasteiger partial charge in [-0.3, -0.25) is 0 Å². The minimum atomic E-state index is 0.362. The van der Waals surface area contributed by atoms with Gasteiger partial charge in [-0.05, 0) is 31.9 Å². The topological polar surface area (TPSA) is 39.7 Å². The maximum Gasteiger partial charge on any atom is 0.165 e. The van der Waals surface area contributed by atoms with Crippen LogP contribution in [0.3, 0.4) is 0 Å². The molecular weight excluding hydrogens is 266 g/mol. The first kappa shape index (κ1) is 16.1. The van der Waals surface area contributed by atoms with Crippen LogP contribution < -0.4 is 14.8 Å².